The van der Waals surface area contributed by atoms with Gasteiger partial charge >= 0.3 is 29.6 Å². The van der Waals surface area contributed by atoms with Crippen molar-refractivity contribution < 1.29 is 39.5 Å². The van der Waals surface area contributed by atoms with Crippen molar-refractivity contribution in [3.8, 4) is 0 Å². The molecule has 0 spiro atoms. The fraction of sp³-hybridized carbons (Fsp3) is 0.250. The van der Waals surface area contributed by atoms with Gasteiger partial charge in [-0.3, -0.25) is 0 Å². The van der Waals surface area contributed by atoms with E-state index in [1.165, 1.54) is 0 Å². The van der Waals surface area contributed by atoms with Crippen LogP contribution in [0.4, 0.5) is 0 Å². The van der Waals surface area contributed by atoms with Gasteiger partial charge in [-0.15, -0.1) is 0 Å². The van der Waals surface area contributed by atoms with Crippen LogP contribution in [0.1, 0.15) is 12.1 Å². The number of carboxylic acid groups (broad SMARTS) is 1. The molecule has 0 fully saturated rings. The maximum atomic E-state index is 10.5. The van der Waals surface area contributed by atoms with Gasteiger partial charge in [0.05, 0.1) is 0 Å². The monoisotopic (exact) mass is 259 g/mol. The summed E-state index contributed by atoms with van der Waals surface area (Å²) < 4.78 is 1.96. The average Bonchev–Trinajstić information content (AvgIpc) is 2.50. The van der Waals surface area contributed by atoms with Gasteiger partial charge < -0.3 is 14.5 Å². The first kappa shape index (κ1) is 14.6. The van der Waals surface area contributed by atoms with E-state index in [9.17, 15) is 9.90 Å². The van der Waals surface area contributed by atoms with E-state index in [-0.39, 0.29) is 36.0 Å². The summed E-state index contributed by atoms with van der Waals surface area (Å²) >= 11 is 5.89. The van der Waals surface area contributed by atoms with Crippen LogP contribution in [0.5, 0.6) is 0 Å². The number of halogens is 1. The van der Waals surface area contributed by atoms with Crippen LogP contribution in [0.2, 0.25) is 5.02 Å². The molecule has 0 bridgehead atoms. The quantitative estimate of drug-likeness (QED) is 0.647. The molecule has 84 valence electrons. The molecule has 0 amide bonds. The number of fused-ring (bicyclic) bond motifs is 1. The Morgan fingerprint density at radius 1 is 1.41 bits per heavy atom. The van der Waals surface area contributed by atoms with Gasteiger partial charge in [0.1, 0.15) is 0 Å². The van der Waals surface area contributed by atoms with Gasteiger partial charge in [0, 0.05) is 40.6 Å². The Balaban J connectivity index is 0.00000144. The van der Waals surface area contributed by atoms with E-state index in [2.05, 4.69) is 0 Å². The van der Waals surface area contributed by atoms with Gasteiger partial charge in [0.25, 0.3) is 0 Å². The fourth-order valence-corrected chi connectivity index (χ4v) is 2.06. The smallest absolute Gasteiger partial charge is 0.550 e. The van der Waals surface area contributed by atoms with E-state index in [0.717, 1.165) is 16.6 Å². The summed E-state index contributed by atoms with van der Waals surface area (Å²) in [6.45, 7) is 2.38. The number of hydrogen-bond acceptors (Lipinski definition) is 2. The molecular formula is C12H11ClNNaO2. The van der Waals surface area contributed by atoms with Crippen molar-refractivity contribution in [1.82, 2.24) is 4.57 Å². The molecule has 1 aromatic carbocycles. The van der Waals surface area contributed by atoms with E-state index in [1.807, 2.05) is 29.7 Å². The summed E-state index contributed by atoms with van der Waals surface area (Å²) in [6, 6.07) is 7.58. The third-order valence-electron chi connectivity index (χ3n) is 2.61. The van der Waals surface area contributed by atoms with Gasteiger partial charge in [0.15, 0.2) is 0 Å². The molecule has 0 aliphatic rings. The Hall–Kier alpha value is -0.480. The maximum Gasteiger partial charge on any atom is 1.00 e. The normalized spacial score (nSPS) is 10.2. The molecule has 0 atom stereocenters. The number of carbonyl (C=O) groups is 1. The van der Waals surface area contributed by atoms with Crippen molar-refractivity contribution in [2.75, 3.05) is 0 Å². The van der Waals surface area contributed by atoms with Crippen LogP contribution < -0.4 is 34.7 Å². The molecule has 0 unspecified atom stereocenters. The number of aromatic nitrogens is 1. The van der Waals surface area contributed by atoms with Crippen molar-refractivity contribution in [2.45, 2.75) is 19.9 Å². The van der Waals surface area contributed by atoms with Crippen molar-refractivity contribution in [1.29, 1.82) is 0 Å². The first-order valence-corrected chi connectivity index (χ1v) is 5.41. The van der Waals surface area contributed by atoms with E-state index < -0.39 is 5.97 Å². The topological polar surface area (TPSA) is 45.1 Å². The fourth-order valence-electron chi connectivity index (χ4n) is 1.88. The minimum absolute atomic E-state index is 0. The van der Waals surface area contributed by atoms with Crippen LogP contribution in [0, 0.1) is 6.92 Å². The zero-order valence-electron chi connectivity index (χ0n) is 9.87. The third kappa shape index (κ3) is 3.26. The standard InChI is InChI=1S/C12H12ClNO2.Na/c1-8-6-9-7-10(13)2-3-11(9)14(8)5-4-12(15)16;/h2-3,6-7H,4-5H2,1H3,(H,15,16);/q;+1/p-1. The number of rotatable bonds is 3. The number of carbonyl (C=O) groups excluding carboxylic acids is 1. The molecule has 1 aromatic heterocycles. The molecule has 5 heteroatoms. The van der Waals surface area contributed by atoms with Gasteiger partial charge in [-0.2, -0.15) is 0 Å². The molecule has 0 aliphatic heterocycles. The molecule has 17 heavy (non-hydrogen) atoms. The molecule has 1 heterocycles. The average molecular weight is 260 g/mol. The van der Waals surface area contributed by atoms with Crippen LogP contribution in [0.25, 0.3) is 10.9 Å². The molecule has 2 aromatic rings. The summed E-state index contributed by atoms with van der Waals surface area (Å²) in [5.74, 6) is -1.03. The first-order valence-electron chi connectivity index (χ1n) is 5.03. The van der Waals surface area contributed by atoms with Crippen molar-refractivity contribution in [3.63, 3.8) is 0 Å². The Kier molecular flexibility index (Phi) is 5.07. The van der Waals surface area contributed by atoms with E-state index in [4.69, 9.17) is 11.6 Å². The Morgan fingerprint density at radius 3 is 2.76 bits per heavy atom. The summed E-state index contributed by atoms with van der Waals surface area (Å²) in [5, 5.41) is 12.2. The van der Waals surface area contributed by atoms with Gasteiger partial charge in [-0.05, 0) is 31.2 Å². The second kappa shape index (κ2) is 5.91. The molecule has 0 saturated carbocycles. The van der Waals surface area contributed by atoms with Crippen molar-refractivity contribution in [2.24, 2.45) is 0 Å². The zero-order valence-corrected chi connectivity index (χ0v) is 12.6. The molecule has 0 N–H and O–H groups in total. The second-order valence-electron chi connectivity index (χ2n) is 3.76. The summed E-state index contributed by atoms with van der Waals surface area (Å²) in [7, 11) is 0. The predicted molar refractivity (Wildman–Crippen MR) is 61.3 cm³/mol. The number of aryl methyl sites for hydroxylation is 2. The molecule has 2 rings (SSSR count). The molecular weight excluding hydrogens is 249 g/mol. The molecule has 0 saturated heterocycles. The van der Waals surface area contributed by atoms with Gasteiger partial charge in [-0.25, -0.2) is 0 Å². The molecule has 0 aliphatic carbocycles. The van der Waals surface area contributed by atoms with Crippen molar-refractivity contribution >= 4 is 28.5 Å². The van der Waals surface area contributed by atoms with Crippen molar-refractivity contribution in [3.05, 3.63) is 35.0 Å². The number of aliphatic carboxylic acids is 1. The number of benzene rings is 1. The van der Waals surface area contributed by atoms with Crippen LogP contribution in [-0.4, -0.2) is 10.5 Å². The third-order valence-corrected chi connectivity index (χ3v) is 2.85. The van der Waals surface area contributed by atoms with Gasteiger partial charge in [-0.1, -0.05) is 11.6 Å². The predicted octanol–water partition coefficient (Wildman–Crippen LogP) is -1.25. The number of carboxylic acids is 1. The number of hydrogen-bond donors (Lipinski definition) is 0. The van der Waals surface area contributed by atoms with Crippen LogP contribution >= 0.6 is 11.6 Å². The molecule has 3 nitrogen and oxygen atoms in total. The number of nitrogens with zero attached hydrogens (tertiary/aromatic N) is 1. The minimum atomic E-state index is -1.03. The summed E-state index contributed by atoms with van der Waals surface area (Å²) in [5.41, 5.74) is 2.03. The zero-order chi connectivity index (χ0) is 11.7. The van der Waals surface area contributed by atoms with E-state index >= 15 is 0 Å². The van der Waals surface area contributed by atoms with E-state index in [1.54, 1.807) is 6.07 Å². The Labute approximate surface area is 127 Å². The van der Waals surface area contributed by atoms with Gasteiger partial charge in [0.2, 0.25) is 0 Å². The first-order chi connectivity index (χ1) is 7.58. The summed E-state index contributed by atoms with van der Waals surface area (Å²) in [4.78, 5) is 10.5. The van der Waals surface area contributed by atoms with Crippen LogP contribution in [-0.2, 0) is 11.3 Å². The summed E-state index contributed by atoms with van der Waals surface area (Å²) in [6.07, 6.45) is 0.0211. The van der Waals surface area contributed by atoms with E-state index in [0.29, 0.717) is 11.6 Å². The van der Waals surface area contributed by atoms with Crippen LogP contribution in [0.3, 0.4) is 0 Å². The molecule has 0 radical (unpaired) electrons. The second-order valence-corrected chi connectivity index (χ2v) is 4.20. The minimum Gasteiger partial charge on any atom is -0.550 e. The van der Waals surface area contributed by atoms with Crippen LogP contribution in [0.15, 0.2) is 24.3 Å². The Bertz CT molecular complexity index is 551. The largest absolute Gasteiger partial charge is 1.00 e. The maximum absolute atomic E-state index is 10.5. The SMILES string of the molecule is Cc1cc2cc(Cl)ccc2n1CCC(=O)[O-].[Na+]. The Morgan fingerprint density at radius 2 is 2.12 bits per heavy atom.